The molecule has 1 fully saturated rings. The second-order valence-corrected chi connectivity index (χ2v) is 8.41. The molecule has 0 saturated carbocycles. The van der Waals surface area contributed by atoms with Crippen LogP contribution in [0.2, 0.25) is 0 Å². The fourth-order valence-corrected chi connectivity index (χ4v) is 4.43. The van der Waals surface area contributed by atoms with E-state index in [2.05, 4.69) is 20.3 Å². The molecule has 1 aliphatic rings. The molecule has 7 nitrogen and oxygen atoms in total. The quantitative estimate of drug-likeness (QED) is 0.507. The van der Waals surface area contributed by atoms with Crippen LogP contribution in [-0.2, 0) is 4.79 Å². The van der Waals surface area contributed by atoms with E-state index in [1.807, 2.05) is 73.1 Å². The fraction of sp³-hybridized carbons (Fsp3) is 0.320. The number of likely N-dealkylation sites (tertiary alicyclic amines) is 1. The van der Waals surface area contributed by atoms with Gasteiger partial charge in [-0.2, -0.15) is 5.10 Å². The summed E-state index contributed by atoms with van der Waals surface area (Å²) < 4.78 is 7.82. The van der Waals surface area contributed by atoms with E-state index in [9.17, 15) is 4.79 Å². The number of aromatic nitrogens is 3. The number of fused-ring (bicyclic) bond motifs is 1. The van der Waals surface area contributed by atoms with Gasteiger partial charge in [-0.15, -0.1) is 0 Å². The zero-order chi connectivity index (χ0) is 22.1. The number of amides is 1. The lowest BCUT2D eigenvalue weighted by Crippen LogP contribution is -2.38. The van der Waals surface area contributed by atoms with E-state index in [-0.39, 0.29) is 5.91 Å². The summed E-state index contributed by atoms with van der Waals surface area (Å²) in [5.74, 6) is 1.11. The third-order valence-electron chi connectivity index (χ3n) is 6.17. The molecule has 5 rings (SSSR count). The van der Waals surface area contributed by atoms with Gasteiger partial charge in [0.1, 0.15) is 5.52 Å². The number of carbonyl (C=O) groups is 1. The molecule has 0 radical (unpaired) electrons. The normalized spacial score (nSPS) is 15.3. The molecule has 2 aromatic carbocycles. The van der Waals surface area contributed by atoms with Gasteiger partial charge in [-0.25, -0.2) is 9.67 Å². The number of anilines is 1. The number of rotatable bonds is 5. The van der Waals surface area contributed by atoms with Crippen molar-refractivity contribution in [1.82, 2.24) is 19.7 Å². The van der Waals surface area contributed by atoms with Gasteiger partial charge in [0, 0.05) is 5.92 Å². The molecule has 1 N–H and O–H groups in total. The highest BCUT2D eigenvalue weighted by Gasteiger charge is 2.26. The van der Waals surface area contributed by atoms with E-state index < -0.39 is 0 Å². The van der Waals surface area contributed by atoms with Gasteiger partial charge < -0.3 is 9.73 Å². The van der Waals surface area contributed by atoms with Gasteiger partial charge in [-0.3, -0.25) is 9.69 Å². The number of oxazole rings is 1. The molecule has 2 aromatic heterocycles. The summed E-state index contributed by atoms with van der Waals surface area (Å²) in [6, 6.07) is 17.8. The molecular formula is C25H27N5O2. The van der Waals surface area contributed by atoms with E-state index in [1.54, 1.807) is 0 Å². The highest BCUT2D eigenvalue weighted by atomic mass is 16.3. The predicted molar refractivity (Wildman–Crippen MR) is 124 cm³/mol. The lowest BCUT2D eigenvalue weighted by molar-refractivity contribution is -0.117. The SMILES string of the molecule is Cc1nn(-c2ccccc2)c(C)c1NC(=O)CN1CCC(c2nc3ccccc3o2)CC1. The van der Waals surface area contributed by atoms with Crippen molar-refractivity contribution in [3.8, 4) is 5.69 Å². The van der Waals surface area contributed by atoms with E-state index in [4.69, 9.17) is 4.42 Å². The molecule has 1 aliphatic heterocycles. The standard InChI is InChI=1S/C25H27N5O2/c1-17-24(18(2)30(28-17)20-8-4-3-5-9-20)27-23(31)16-29-14-12-19(13-15-29)25-26-21-10-6-7-11-22(21)32-25/h3-11,19H,12-16H2,1-2H3,(H,27,31). The second kappa shape index (κ2) is 8.59. The smallest absolute Gasteiger partial charge is 0.238 e. The summed E-state index contributed by atoms with van der Waals surface area (Å²) in [5.41, 5.74) is 5.26. The molecule has 0 unspecified atom stereocenters. The summed E-state index contributed by atoms with van der Waals surface area (Å²) in [6.45, 7) is 5.97. The average Bonchev–Trinajstić information content (AvgIpc) is 3.37. The molecule has 164 valence electrons. The Kier molecular flexibility index (Phi) is 5.49. The minimum atomic E-state index is -0.0101. The number of piperidine rings is 1. The fourth-order valence-electron chi connectivity index (χ4n) is 4.43. The largest absolute Gasteiger partial charge is 0.440 e. The topological polar surface area (TPSA) is 76.2 Å². The minimum absolute atomic E-state index is 0.0101. The van der Waals surface area contributed by atoms with Gasteiger partial charge in [0.05, 0.1) is 29.3 Å². The maximum Gasteiger partial charge on any atom is 0.238 e. The van der Waals surface area contributed by atoms with Gasteiger partial charge in [0.2, 0.25) is 5.91 Å². The molecule has 0 bridgehead atoms. The van der Waals surface area contributed by atoms with Crippen LogP contribution in [-0.4, -0.2) is 45.2 Å². The van der Waals surface area contributed by atoms with Crippen LogP contribution in [0.5, 0.6) is 0 Å². The van der Waals surface area contributed by atoms with Crippen LogP contribution in [0.15, 0.2) is 59.0 Å². The highest BCUT2D eigenvalue weighted by molar-refractivity contribution is 5.93. The van der Waals surface area contributed by atoms with Crippen molar-refractivity contribution in [2.24, 2.45) is 0 Å². The molecule has 1 saturated heterocycles. The number of nitrogens with zero attached hydrogens (tertiary/aromatic N) is 4. The van der Waals surface area contributed by atoms with Crippen molar-refractivity contribution in [3.05, 3.63) is 71.9 Å². The first-order valence-electron chi connectivity index (χ1n) is 11.1. The zero-order valence-corrected chi connectivity index (χ0v) is 18.4. The number of para-hydroxylation sites is 3. The summed E-state index contributed by atoms with van der Waals surface area (Å²) in [7, 11) is 0. The lowest BCUT2D eigenvalue weighted by atomic mass is 9.97. The summed E-state index contributed by atoms with van der Waals surface area (Å²) >= 11 is 0. The van der Waals surface area contributed by atoms with Crippen molar-refractivity contribution < 1.29 is 9.21 Å². The Hall–Kier alpha value is -3.45. The molecule has 0 atom stereocenters. The number of benzene rings is 2. The molecule has 7 heteroatoms. The minimum Gasteiger partial charge on any atom is -0.440 e. The maximum atomic E-state index is 12.8. The number of aryl methyl sites for hydroxylation is 1. The van der Waals surface area contributed by atoms with E-state index in [0.717, 1.165) is 65.7 Å². The number of hydrogen-bond acceptors (Lipinski definition) is 5. The van der Waals surface area contributed by atoms with Crippen LogP contribution in [0, 0.1) is 13.8 Å². The molecule has 4 aromatic rings. The maximum absolute atomic E-state index is 12.8. The molecule has 32 heavy (non-hydrogen) atoms. The van der Waals surface area contributed by atoms with Crippen LogP contribution in [0.1, 0.15) is 36.0 Å². The monoisotopic (exact) mass is 429 g/mol. The second-order valence-electron chi connectivity index (χ2n) is 8.41. The summed E-state index contributed by atoms with van der Waals surface area (Å²) in [4.78, 5) is 19.6. The van der Waals surface area contributed by atoms with Crippen LogP contribution in [0.25, 0.3) is 16.8 Å². The predicted octanol–water partition coefficient (Wildman–Crippen LogP) is 4.45. The molecule has 0 spiro atoms. The van der Waals surface area contributed by atoms with Crippen molar-refractivity contribution in [3.63, 3.8) is 0 Å². The van der Waals surface area contributed by atoms with Crippen LogP contribution < -0.4 is 5.32 Å². The lowest BCUT2D eigenvalue weighted by Gasteiger charge is -2.29. The Morgan fingerprint density at radius 1 is 1.06 bits per heavy atom. The van der Waals surface area contributed by atoms with Gasteiger partial charge >= 0.3 is 0 Å². The average molecular weight is 430 g/mol. The van der Waals surface area contributed by atoms with Gasteiger partial charge in [0.25, 0.3) is 0 Å². The molecule has 0 aliphatic carbocycles. The Balaban J connectivity index is 1.19. The third kappa shape index (κ3) is 4.03. The van der Waals surface area contributed by atoms with Crippen LogP contribution in [0.3, 0.4) is 0 Å². The summed E-state index contributed by atoms with van der Waals surface area (Å²) in [5, 5.41) is 7.69. The molecule has 3 heterocycles. The van der Waals surface area contributed by atoms with Gasteiger partial charge in [0.15, 0.2) is 11.5 Å². The van der Waals surface area contributed by atoms with Crippen molar-refractivity contribution >= 4 is 22.7 Å². The van der Waals surface area contributed by atoms with Crippen molar-refractivity contribution in [2.45, 2.75) is 32.6 Å². The third-order valence-corrected chi connectivity index (χ3v) is 6.17. The number of hydrogen-bond donors (Lipinski definition) is 1. The Bertz CT molecular complexity index is 1200. The Labute approximate surface area is 187 Å². The first kappa shape index (κ1) is 20.5. The Morgan fingerprint density at radius 3 is 2.53 bits per heavy atom. The van der Waals surface area contributed by atoms with Crippen LogP contribution in [0.4, 0.5) is 5.69 Å². The number of nitrogens with one attached hydrogen (secondary N) is 1. The zero-order valence-electron chi connectivity index (χ0n) is 18.4. The van der Waals surface area contributed by atoms with E-state index in [1.165, 1.54) is 0 Å². The van der Waals surface area contributed by atoms with Gasteiger partial charge in [-0.05, 0) is 64.0 Å². The van der Waals surface area contributed by atoms with E-state index in [0.29, 0.717) is 12.5 Å². The first-order chi connectivity index (χ1) is 15.6. The highest BCUT2D eigenvalue weighted by Crippen LogP contribution is 2.30. The Morgan fingerprint density at radius 2 is 1.78 bits per heavy atom. The van der Waals surface area contributed by atoms with Gasteiger partial charge in [-0.1, -0.05) is 30.3 Å². The molecule has 1 amide bonds. The van der Waals surface area contributed by atoms with Crippen LogP contribution >= 0.6 is 0 Å². The number of carbonyl (C=O) groups excluding carboxylic acids is 1. The van der Waals surface area contributed by atoms with E-state index >= 15 is 0 Å². The van der Waals surface area contributed by atoms with Crippen molar-refractivity contribution in [2.75, 3.05) is 25.0 Å². The first-order valence-corrected chi connectivity index (χ1v) is 11.1. The summed E-state index contributed by atoms with van der Waals surface area (Å²) in [6.07, 6.45) is 1.87. The van der Waals surface area contributed by atoms with Crippen molar-refractivity contribution in [1.29, 1.82) is 0 Å². The molecular weight excluding hydrogens is 402 g/mol.